The molecule has 0 aliphatic carbocycles. The number of nitrogens with one attached hydrogen (secondary N) is 1. The molecule has 1 fully saturated rings. The second-order valence-corrected chi connectivity index (χ2v) is 7.40. The summed E-state index contributed by atoms with van der Waals surface area (Å²) in [5.41, 5.74) is 0.929. The van der Waals surface area contributed by atoms with E-state index in [-0.39, 0.29) is 4.90 Å². The molecule has 1 saturated heterocycles. The van der Waals surface area contributed by atoms with Crippen LogP contribution >= 0.6 is 0 Å². The summed E-state index contributed by atoms with van der Waals surface area (Å²) < 4.78 is 22.6. The fourth-order valence-electron chi connectivity index (χ4n) is 2.79. The molecule has 7 heteroatoms. The zero-order chi connectivity index (χ0) is 16.2. The largest absolute Gasteiger partial charge is 0.383 e. The number of sulfonamides is 1. The van der Waals surface area contributed by atoms with Gasteiger partial charge in [-0.3, -0.25) is 0 Å². The van der Waals surface area contributed by atoms with Crippen molar-refractivity contribution in [3.8, 4) is 6.07 Å². The maximum atomic E-state index is 11.3. The first-order valence-electron chi connectivity index (χ1n) is 7.43. The lowest BCUT2D eigenvalue weighted by Gasteiger charge is -2.30. The molecule has 0 radical (unpaired) electrons. The molecule has 0 bridgehead atoms. The van der Waals surface area contributed by atoms with Crippen LogP contribution in [-0.2, 0) is 10.0 Å². The number of anilines is 1. The van der Waals surface area contributed by atoms with Gasteiger partial charge in [-0.05, 0) is 43.5 Å². The molecule has 1 aliphatic rings. The smallest absolute Gasteiger partial charge is 0.238 e. The van der Waals surface area contributed by atoms with E-state index in [4.69, 9.17) is 10.4 Å². The molecule has 1 atom stereocenters. The lowest BCUT2D eigenvalue weighted by Crippen LogP contribution is -2.37. The van der Waals surface area contributed by atoms with Crippen LogP contribution in [-0.4, -0.2) is 39.5 Å². The Morgan fingerprint density at radius 1 is 1.50 bits per heavy atom. The summed E-state index contributed by atoms with van der Waals surface area (Å²) in [6.07, 6.45) is 2.52. The number of nitrogens with two attached hydrogens (primary N) is 1. The van der Waals surface area contributed by atoms with Gasteiger partial charge in [-0.2, -0.15) is 5.26 Å². The Labute approximate surface area is 132 Å². The highest BCUT2D eigenvalue weighted by Crippen LogP contribution is 2.19. The van der Waals surface area contributed by atoms with Gasteiger partial charge >= 0.3 is 0 Å². The zero-order valence-corrected chi connectivity index (χ0v) is 13.6. The van der Waals surface area contributed by atoms with Crippen molar-refractivity contribution in [2.24, 2.45) is 11.1 Å². The zero-order valence-electron chi connectivity index (χ0n) is 12.7. The molecular weight excluding hydrogens is 300 g/mol. The molecule has 1 aliphatic heterocycles. The minimum absolute atomic E-state index is 0.0422. The van der Waals surface area contributed by atoms with E-state index in [2.05, 4.69) is 17.1 Å². The van der Waals surface area contributed by atoms with Gasteiger partial charge in [-0.25, -0.2) is 13.6 Å². The molecule has 1 heterocycles. The van der Waals surface area contributed by atoms with Gasteiger partial charge in [0, 0.05) is 19.6 Å². The predicted octanol–water partition coefficient (Wildman–Crippen LogP) is 1.35. The van der Waals surface area contributed by atoms with Crippen molar-refractivity contribution in [1.82, 2.24) is 4.90 Å². The van der Waals surface area contributed by atoms with Crippen LogP contribution in [0.1, 0.15) is 25.3 Å². The van der Waals surface area contributed by atoms with Gasteiger partial charge in [-0.1, -0.05) is 6.92 Å². The Kier molecular flexibility index (Phi) is 5.40. The summed E-state index contributed by atoms with van der Waals surface area (Å²) in [5, 5.41) is 17.4. The van der Waals surface area contributed by atoms with Crippen LogP contribution in [0, 0.1) is 17.2 Å². The summed E-state index contributed by atoms with van der Waals surface area (Å²) in [7, 11) is -3.78. The number of hydrogen-bond donors (Lipinski definition) is 2. The third-order valence-corrected chi connectivity index (χ3v) is 4.84. The number of piperidine rings is 1. The lowest BCUT2D eigenvalue weighted by atomic mass is 10.0. The van der Waals surface area contributed by atoms with Crippen LogP contribution in [0.3, 0.4) is 0 Å². The van der Waals surface area contributed by atoms with Gasteiger partial charge in [0.25, 0.3) is 0 Å². The fraction of sp³-hybridized carbons (Fsp3) is 0.533. The van der Waals surface area contributed by atoms with Gasteiger partial charge in [0.2, 0.25) is 10.0 Å². The molecule has 1 aromatic carbocycles. The van der Waals surface area contributed by atoms with E-state index in [1.807, 2.05) is 6.07 Å². The second-order valence-electron chi connectivity index (χ2n) is 5.84. The number of rotatable bonds is 5. The third-order valence-electron chi connectivity index (χ3n) is 3.92. The number of benzene rings is 1. The second kappa shape index (κ2) is 7.09. The van der Waals surface area contributed by atoms with Crippen LogP contribution in [0.25, 0.3) is 0 Å². The molecule has 120 valence electrons. The number of hydrogen-bond acceptors (Lipinski definition) is 5. The standard InChI is InChI=1S/C15H22N4O2S/c1-12-3-2-7-19(11-12)8-6-18-15-5-4-14(22(17,20)21)9-13(15)10-16/h4-5,9,12,18H,2-3,6-8,11H2,1H3,(H2,17,20,21)/t12-/m0/s1. The highest BCUT2D eigenvalue weighted by Gasteiger charge is 2.16. The van der Waals surface area contributed by atoms with Gasteiger partial charge < -0.3 is 10.2 Å². The average Bonchev–Trinajstić information content (AvgIpc) is 2.46. The lowest BCUT2D eigenvalue weighted by molar-refractivity contribution is 0.190. The quantitative estimate of drug-likeness (QED) is 0.852. The molecule has 0 spiro atoms. The fourth-order valence-corrected chi connectivity index (χ4v) is 3.33. The topological polar surface area (TPSA) is 99.2 Å². The van der Waals surface area contributed by atoms with Crippen LogP contribution in [0.15, 0.2) is 23.1 Å². The molecule has 0 saturated carbocycles. The highest BCUT2D eigenvalue weighted by molar-refractivity contribution is 7.89. The number of nitriles is 1. The Bertz CT molecular complexity index is 667. The Morgan fingerprint density at radius 2 is 2.27 bits per heavy atom. The Hall–Kier alpha value is -1.62. The maximum absolute atomic E-state index is 11.3. The number of nitrogens with zero attached hydrogens (tertiary/aromatic N) is 2. The first kappa shape index (κ1) is 16.7. The van der Waals surface area contributed by atoms with Crippen LogP contribution in [0.2, 0.25) is 0 Å². The van der Waals surface area contributed by atoms with Crippen molar-refractivity contribution in [2.45, 2.75) is 24.7 Å². The molecular formula is C15H22N4O2S. The summed E-state index contributed by atoms with van der Waals surface area (Å²) in [6, 6.07) is 6.33. The summed E-state index contributed by atoms with van der Waals surface area (Å²) in [4.78, 5) is 2.37. The van der Waals surface area contributed by atoms with Gasteiger partial charge in [-0.15, -0.1) is 0 Å². The summed E-state index contributed by atoms with van der Waals surface area (Å²) >= 11 is 0. The molecule has 1 aromatic rings. The number of likely N-dealkylation sites (tertiary alicyclic amines) is 1. The molecule has 0 aromatic heterocycles. The monoisotopic (exact) mass is 322 g/mol. The molecule has 2 rings (SSSR count). The summed E-state index contributed by atoms with van der Waals surface area (Å²) in [5.74, 6) is 0.734. The van der Waals surface area contributed by atoms with E-state index in [1.165, 1.54) is 25.0 Å². The van der Waals surface area contributed by atoms with E-state index in [0.717, 1.165) is 32.1 Å². The number of primary sulfonamides is 1. The van der Waals surface area contributed by atoms with Crippen molar-refractivity contribution >= 4 is 15.7 Å². The van der Waals surface area contributed by atoms with Crippen molar-refractivity contribution < 1.29 is 8.42 Å². The molecule has 3 N–H and O–H groups in total. The normalized spacial score (nSPS) is 19.6. The van der Waals surface area contributed by atoms with Gasteiger partial charge in [0.15, 0.2) is 0 Å². The van der Waals surface area contributed by atoms with Crippen LogP contribution in [0.4, 0.5) is 5.69 Å². The molecule has 0 amide bonds. The summed E-state index contributed by atoms with van der Waals surface area (Å²) in [6.45, 7) is 6.11. The van der Waals surface area contributed by atoms with Crippen LogP contribution < -0.4 is 10.5 Å². The first-order chi connectivity index (χ1) is 10.4. The van der Waals surface area contributed by atoms with Crippen LogP contribution in [0.5, 0.6) is 0 Å². The molecule has 0 unspecified atom stereocenters. The Morgan fingerprint density at radius 3 is 2.91 bits per heavy atom. The molecule has 22 heavy (non-hydrogen) atoms. The van der Waals surface area contributed by atoms with Gasteiger partial charge in [0.1, 0.15) is 6.07 Å². The van der Waals surface area contributed by atoms with E-state index >= 15 is 0 Å². The minimum atomic E-state index is -3.78. The van der Waals surface area contributed by atoms with Gasteiger partial charge in [0.05, 0.1) is 16.1 Å². The van der Waals surface area contributed by atoms with E-state index in [1.54, 1.807) is 6.07 Å². The van der Waals surface area contributed by atoms with Crippen molar-refractivity contribution in [3.05, 3.63) is 23.8 Å². The molecule has 6 nitrogen and oxygen atoms in total. The Balaban J connectivity index is 1.97. The van der Waals surface area contributed by atoms with Crippen molar-refractivity contribution in [3.63, 3.8) is 0 Å². The van der Waals surface area contributed by atoms with Crippen molar-refractivity contribution in [2.75, 3.05) is 31.5 Å². The predicted molar refractivity (Wildman–Crippen MR) is 85.9 cm³/mol. The van der Waals surface area contributed by atoms with E-state index in [0.29, 0.717) is 11.3 Å². The third kappa shape index (κ3) is 4.44. The van der Waals surface area contributed by atoms with Crippen molar-refractivity contribution in [1.29, 1.82) is 5.26 Å². The van der Waals surface area contributed by atoms with E-state index in [9.17, 15) is 8.42 Å². The first-order valence-corrected chi connectivity index (χ1v) is 8.98. The SMILES string of the molecule is C[C@H]1CCCN(CCNc2ccc(S(N)(=O)=O)cc2C#N)C1. The highest BCUT2D eigenvalue weighted by atomic mass is 32.2. The average molecular weight is 322 g/mol. The minimum Gasteiger partial charge on any atom is -0.383 e. The van der Waals surface area contributed by atoms with E-state index < -0.39 is 10.0 Å². The maximum Gasteiger partial charge on any atom is 0.238 e.